The zero-order chi connectivity index (χ0) is 13.5. The first kappa shape index (κ1) is 17.9. The van der Waals surface area contributed by atoms with Crippen LogP contribution in [0.1, 0.15) is 42.1 Å². The summed E-state index contributed by atoms with van der Waals surface area (Å²) in [7, 11) is 0. The predicted molar refractivity (Wildman–Crippen MR) is 78.2 cm³/mol. The Balaban J connectivity index is 0.00000324. The van der Waals surface area contributed by atoms with E-state index in [0.29, 0.717) is 6.54 Å². The largest absolute Gasteiger partial charge is 0.348 e. The van der Waals surface area contributed by atoms with Crippen LogP contribution in [0.25, 0.3) is 0 Å². The van der Waals surface area contributed by atoms with Crippen molar-refractivity contribution in [2.75, 3.05) is 6.54 Å². The maximum atomic E-state index is 13.6. The van der Waals surface area contributed by atoms with Crippen molar-refractivity contribution in [3.8, 4) is 0 Å². The number of hydrogen-bond donors (Lipinski definition) is 2. The number of rotatable bonds is 6. The van der Waals surface area contributed by atoms with Crippen LogP contribution < -0.4 is 11.1 Å². The second kappa shape index (κ2) is 8.88. The average molecular weight is 289 g/mol. The molecule has 0 bridgehead atoms. The zero-order valence-corrected chi connectivity index (χ0v) is 12.2. The Labute approximate surface area is 120 Å². The number of halogens is 2. The van der Waals surface area contributed by atoms with Gasteiger partial charge in [0.15, 0.2) is 0 Å². The molecule has 0 radical (unpaired) electrons. The van der Waals surface area contributed by atoms with E-state index < -0.39 is 5.82 Å². The Hall–Kier alpha value is -1.13. The average Bonchev–Trinajstić information content (AvgIpc) is 2.34. The van der Waals surface area contributed by atoms with Gasteiger partial charge >= 0.3 is 0 Å². The summed E-state index contributed by atoms with van der Waals surface area (Å²) in [5, 5.41) is 2.77. The van der Waals surface area contributed by atoms with Gasteiger partial charge in [0, 0.05) is 12.6 Å². The second-order valence-corrected chi connectivity index (χ2v) is 4.53. The molecule has 1 amide bonds. The first-order chi connectivity index (χ1) is 8.58. The molecule has 19 heavy (non-hydrogen) atoms. The van der Waals surface area contributed by atoms with Crippen LogP contribution in [-0.2, 0) is 0 Å². The van der Waals surface area contributed by atoms with E-state index in [2.05, 4.69) is 12.2 Å². The lowest BCUT2D eigenvalue weighted by molar-refractivity contribution is 0.0931. The van der Waals surface area contributed by atoms with Crippen LogP contribution in [0.2, 0.25) is 0 Å². The van der Waals surface area contributed by atoms with Crippen molar-refractivity contribution >= 4 is 18.3 Å². The maximum absolute atomic E-state index is 13.6. The summed E-state index contributed by atoms with van der Waals surface area (Å²) in [5.41, 5.74) is 6.47. The van der Waals surface area contributed by atoms with E-state index in [1.807, 2.05) is 0 Å². The third kappa shape index (κ3) is 5.57. The third-order valence-electron chi connectivity index (χ3n) is 2.90. The van der Waals surface area contributed by atoms with Crippen LogP contribution in [0.15, 0.2) is 18.2 Å². The van der Waals surface area contributed by atoms with Gasteiger partial charge < -0.3 is 11.1 Å². The minimum absolute atomic E-state index is 0. The van der Waals surface area contributed by atoms with Crippen molar-refractivity contribution in [3.63, 3.8) is 0 Å². The molecule has 0 aromatic heterocycles. The smallest absolute Gasteiger partial charge is 0.254 e. The molecule has 1 unspecified atom stereocenters. The molecular weight excluding hydrogens is 267 g/mol. The van der Waals surface area contributed by atoms with E-state index in [-0.39, 0.29) is 29.9 Å². The lowest BCUT2D eigenvalue weighted by Gasteiger charge is -2.16. The van der Waals surface area contributed by atoms with E-state index >= 15 is 0 Å². The van der Waals surface area contributed by atoms with Gasteiger partial charge in [0.25, 0.3) is 5.91 Å². The quantitative estimate of drug-likeness (QED) is 0.846. The highest BCUT2D eigenvalue weighted by atomic mass is 35.5. The molecule has 3 nitrogen and oxygen atoms in total. The molecule has 0 aliphatic heterocycles. The normalized spacial score (nSPS) is 11.6. The number of benzene rings is 1. The van der Waals surface area contributed by atoms with Crippen LogP contribution in [0, 0.1) is 12.7 Å². The summed E-state index contributed by atoms with van der Waals surface area (Å²) < 4.78 is 13.6. The van der Waals surface area contributed by atoms with E-state index in [9.17, 15) is 9.18 Å². The molecule has 0 saturated heterocycles. The lowest BCUT2D eigenvalue weighted by Crippen LogP contribution is -2.40. The molecule has 1 atom stereocenters. The van der Waals surface area contributed by atoms with Gasteiger partial charge in [-0.1, -0.05) is 25.8 Å². The second-order valence-electron chi connectivity index (χ2n) is 4.53. The van der Waals surface area contributed by atoms with Gasteiger partial charge in [0.1, 0.15) is 5.82 Å². The Kier molecular flexibility index (Phi) is 8.35. The van der Waals surface area contributed by atoms with Crippen LogP contribution in [-0.4, -0.2) is 18.5 Å². The van der Waals surface area contributed by atoms with Crippen molar-refractivity contribution in [1.29, 1.82) is 0 Å². The highest BCUT2D eigenvalue weighted by Gasteiger charge is 2.15. The number of amides is 1. The molecule has 0 fully saturated rings. The maximum Gasteiger partial charge on any atom is 0.254 e. The molecule has 5 heteroatoms. The van der Waals surface area contributed by atoms with Gasteiger partial charge in [0.2, 0.25) is 0 Å². The molecule has 0 aliphatic rings. The van der Waals surface area contributed by atoms with Gasteiger partial charge in [-0.25, -0.2) is 4.39 Å². The minimum atomic E-state index is -0.487. The van der Waals surface area contributed by atoms with E-state index in [1.165, 1.54) is 12.1 Å². The standard InChI is InChI=1S/C14H21FN2O.ClH/c1-3-4-5-11(9-16)17-14(18)12-7-6-10(2)8-13(12)15;/h6-8,11H,3-5,9,16H2,1-2H3,(H,17,18);1H. The fraction of sp³-hybridized carbons (Fsp3) is 0.500. The van der Waals surface area contributed by atoms with Gasteiger partial charge in [0.05, 0.1) is 5.56 Å². The van der Waals surface area contributed by atoms with Crippen LogP contribution in [0.4, 0.5) is 4.39 Å². The number of nitrogens with one attached hydrogen (secondary N) is 1. The molecule has 108 valence electrons. The Morgan fingerprint density at radius 2 is 2.16 bits per heavy atom. The van der Waals surface area contributed by atoms with E-state index in [4.69, 9.17) is 5.73 Å². The minimum Gasteiger partial charge on any atom is -0.348 e. The molecule has 0 spiro atoms. The summed E-state index contributed by atoms with van der Waals surface area (Å²) in [6.45, 7) is 4.24. The molecule has 0 heterocycles. The first-order valence-electron chi connectivity index (χ1n) is 6.35. The number of carbonyl (C=O) groups is 1. The van der Waals surface area contributed by atoms with Crippen molar-refractivity contribution in [2.45, 2.75) is 39.2 Å². The summed E-state index contributed by atoms with van der Waals surface area (Å²) in [6, 6.07) is 4.51. The first-order valence-corrected chi connectivity index (χ1v) is 6.35. The SMILES string of the molecule is CCCCC(CN)NC(=O)c1ccc(C)cc1F.Cl. The highest BCUT2D eigenvalue weighted by Crippen LogP contribution is 2.10. The summed E-state index contributed by atoms with van der Waals surface area (Å²) in [6.07, 6.45) is 2.87. The summed E-state index contributed by atoms with van der Waals surface area (Å²) >= 11 is 0. The van der Waals surface area contributed by atoms with Crippen molar-refractivity contribution < 1.29 is 9.18 Å². The number of nitrogens with two attached hydrogens (primary N) is 1. The Morgan fingerprint density at radius 1 is 1.47 bits per heavy atom. The van der Waals surface area contributed by atoms with Crippen LogP contribution in [0.5, 0.6) is 0 Å². The fourth-order valence-corrected chi connectivity index (χ4v) is 1.77. The molecule has 3 N–H and O–H groups in total. The van der Waals surface area contributed by atoms with E-state index in [1.54, 1.807) is 13.0 Å². The molecule has 1 rings (SSSR count). The highest BCUT2D eigenvalue weighted by molar-refractivity contribution is 5.94. The molecular formula is C14H22ClFN2O. The Morgan fingerprint density at radius 3 is 2.68 bits per heavy atom. The zero-order valence-electron chi connectivity index (χ0n) is 11.4. The molecule has 0 aliphatic carbocycles. The van der Waals surface area contributed by atoms with Gasteiger partial charge in [-0.05, 0) is 31.0 Å². The van der Waals surface area contributed by atoms with Crippen LogP contribution in [0.3, 0.4) is 0 Å². The number of unbranched alkanes of at least 4 members (excludes halogenated alkanes) is 1. The van der Waals surface area contributed by atoms with Crippen LogP contribution >= 0.6 is 12.4 Å². The van der Waals surface area contributed by atoms with Gasteiger partial charge in [-0.2, -0.15) is 0 Å². The van der Waals surface area contributed by atoms with E-state index in [0.717, 1.165) is 24.8 Å². The lowest BCUT2D eigenvalue weighted by atomic mass is 10.1. The van der Waals surface area contributed by atoms with Gasteiger partial charge in [-0.15, -0.1) is 12.4 Å². The number of aryl methyl sites for hydroxylation is 1. The molecule has 0 saturated carbocycles. The molecule has 1 aromatic rings. The number of hydrogen-bond acceptors (Lipinski definition) is 2. The summed E-state index contributed by atoms with van der Waals surface area (Å²) in [4.78, 5) is 11.9. The van der Waals surface area contributed by atoms with Crippen molar-refractivity contribution in [1.82, 2.24) is 5.32 Å². The topological polar surface area (TPSA) is 55.1 Å². The predicted octanol–water partition coefficient (Wildman–Crippen LogP) is 2.80. The van der Waals surface area contributed by atoms with Crippen molar-refractivity contribution in [3.05, 3.63) is 35.1 Å². The Bertz CT molecular complexity index is 412. The number of carbonyl (C=O) groups excluding carboxylic acids is 1. The summed E-state index contributed by atoms with van der Waals surface area (Å²) in [5.74, 6) is -0.877. The van der Waals surface area contributed by atoms with Crippen molar-refractivity contribution in [2.24, 2.45) is 5.73 Å². The third-order valence-corrected chi connectivity index (χ3v) is 2.90. The van der Waals surface area contributed by atoms with Gasteiger partial charge in [-0.3, -0.25) is 4.79 Å². The monoisotopic (exact) mass is 288 g/mol. The molecule has 1 aromatic carbocycles. The fourth-order valence-electron chi connectivity index (χ4n) is 1.77.